The van der Waals surface area contributed by atoms with Crippen molar-refractivity contribution < 1.29 is 0 Å². The molecule has 0 aromatic heterocycles. The largest absolute Gasteiger partial charge is 0.150 e. The van der Waals surface area contributed by atoms with Crippen LogP contribution in [0.1, 0.15) is 12.8 Å². The first-order valence-electron chi connectivity index (χ1n) is 3.98. The van der Waals surface area contributed by atoms with E-state index in [1.165, 1.54) is 0 Å². The van der Waals surface area contributed by atoms with E-state index in [-0.39, 0.29) is 11.4 Å². The van der Waals surface area contributed by atoms with Gasteiger partial charge in [-0.05, 0) is 18.8 Å². The summed E-state index contributed by atoms with van der Waals surface area (Å²) in [5, 5.41) is 3.03. The van der Waals surface area contributed by atoms with Crippen molar-refractivity contribution in [2.75, 3.05) is 0 Å². The lowest BCUT2D eigenvalue weighted by Crippen LogP contribution is -2.40. The van der Waals surface area contributed by atoms with Crippen LogP contribution < -0.4 is 0 Å². The molecule has 3 rings (SSSR count). The highest BCUT2D eigenvalue weighted by Gasteiger charge is 2.40. The van der Waals surface area contributed by atoms with Gasteiger partial charge in [-0.1, -0.05) is 17.3 Å². The van der Waals surface area contributed by atoms with Crippen LogP contribution in [0, 0.1) is 16.7 Å². The van der Waals surface area contributed by atoms with E-state index in [2.05, 4.69) is 17.3 Å². The van der Waals surface area contributed by atoms with Crippen LogP contribution in [-0.4, -0.2) is 11.4 Å². The van der Waals surface area contributed by atoms with Gasteiger partial charge in [0.25, 0.3) is 0 Å². The zero-order chi connectivity index (χ0) is 7.84. The summed E-state index contributed by atoms with van der Waals surface area (Å²) in [6.07, 6.45) is 6.44. The minimum Gasteiger partial charge on any atom is -0.150 e. The number of hydrogen-bond acceptors (Lipinski definition) is 2. The van der Waals surface area contributed by atoms with Crippen LogP contribution >= 0.6 is 11.6 Å². The maximum atomic E-state index is 10.4. The van der Waals surface area contributed by atoms with Gasteiger partial charge in [0.15, 0.2) is 0 Å². The van der Waals surface area contributed by atoms with Crippen LogP contribution in [0.3, 0.4) is 0 Å². The van der Waals surface area contributed by atoms with Crippen LogP contribution in [0.4, 0.5) is 0 Å². The standard InChI is InChI=1S/C8H10ClNO/c9-7-5-1-3-6(4-2-5)8(7)10-11/h1,3,5-8H,2,4H2. The Hall–Kier alpha value is -0.370. The molecule has 3 aliphatic rings. The fourth-order valence-corrected chi connectivity index (χ4v) is 2.48. The number of allylic oxidation sites excluding steroid dienone is 1. The fraction of sp³-hybridized carbons (Fsp3) is 0.750. The maximum Gasteiger partial charge on any atom is 0.115 e. The number of halogens is 1. The molecule has 0 N–H and O–H groups in total. The predicted octanol–water partition coefficient (Wildman–Crippen LogP) is 2.32. The fourth-order valence-electron chi connectivity index (χ4n) is 2.04. The molecule has 0 heterocycles. The van der Waals surface area contributed by atoms with Gasteiger partial charge in [0.2, 0.25) is 0 Å². The Morgan fingerprint density at radius 1 is 1.27 bits per heavy atom. The van der Waals surface area contributed by atoms with E-state index in [0.717, 1.165) is 12.8 Å². The van der Waals surface area contributed by atoms with Crippen molar-refractivity contribution >= 4 is 11.6 Å². The average molecular weight is 172 g/mol. The second kappa shape index (κ2) is 2.59. The Morgan fingerprint density at radius 3 is 2.27 bits per heavy atom. The van der Waals surface area contributed by atoms with Gasteiger partial charge in [0, 0.05) is 5.92 Å². The zero-order valence-electron chi connectivity index (χ0n) is 6.11. The smallest absolute Gasteiger partial charge is 0.115 e. The van der Waals surface area contributed by atoms with Gasteiger partial charge in [-0.2, -0.15) is 4.91 Å². The monoisotopic (exact) mass is 171 g/mol. The molecule has 0 amide bonds. The number of nitrogens with zero attached hydrogens (tertiary/aromatic N) is 1. The van der Waals surface area contributed by atoms with Gasteiger partial charge < -0.3 is 0 Å². The molecule has 0 aliphatic heterocycles. The lowest BCUT2D eigenvalue weighted by molar-refractivity contribution is 0.292. The number of hydrogen-bond donors (Lipinski definition) is 0. The van der Waals surface area contributed by atoms with E-state index >= 15 is 0 Å². The molecule has 4 atom stereocenters. The lowest BCUT2D eigenvalue weighted by Gasteiger charge is -2.37. The van der Waals surface area contributed by atoms with Gasteiger partial charge in [-0.15, -0.1) is 11.6 Å². The van der Waals surface area contributed by atoms with Gasteiger partial charge in [0.1, 0.15) is 6.04 Å². The highest BCUT2D eigenvalue weighted by atomic mass is 35.5. The van der Waals surface area contributed by atoms with Crippen molar-refractivity contribution in [3.8, 4) is 0 Å². The van der Waals surface area contributed by atoms with Crippen molar-refractivity contribution in [3.05, 3.63) is 17.1 Å². The lowest BCUT2D eigenvalue weighted by atomic mass is 9.73. The number of alkyl halides is 1. The molecule has 1 fully saturated rings. The molecule has 0 saturated heterocycles. The molecular weight excluding hydrogens is 162 g/mol. The second-order valence-electron chi connectivity index (χ2n) is 3.33. The van der Waals surface area contributed by atoms with Gasteiger partial charge >= 0.3 is 0 Å². The molecule has 2 bridgehead atoms. The van der Waals surface area contributed by atoms with Crippen molar-refractivity contribution in [1.29, 1.82) is 0 Å². The van der Waals surface area contributed by atoms with E-state index in [1.807, 2.05) is 0 Å². The first-order chi connectivity index (χ1) is 5.33. The quantitative estimate of drug-likeness (QED) is 0.338. The molecule has 3 heteroatoms. The molecular formula is C8H10ClNO. The van der Waals surface area contributed by atoms with Crippen molar-refractivity contribution in [2.45, 2.75) is 24.3 Å². The van der Waals surface area contributed by atoms with Gasteiger partial charge in [0.05, 0.1) is 5.38 Å². The average Bonchev–Trinajstić information content (AvgIpc) is 2.06. The van der Waals surface area contributed by atoms with Crippen molar-refractivity contribution in [1.82, 2.24) is 0 Å². The highest BCUT2D eigenvalue weighted by molar-refractivity contribution is 6.21. The summed E-state index contributed by atoms with van der Waals surface area (Å²) >= 11 is 6.03. The molecule has 4 unspecified atom stereocenters. The maximum absolute atomic E-state index is 10.4. The molecule has 60 valence electrons. The Bertz CT molecular complexity index is 204. The third-order valence-electron chi connectivity index (χ3n) is 2.73. The summed E-state index contributed by atoms with van der Waals surface area (Å²) in [5.74, 6) is 0.712. The number of rotatable bonds is 1. The number of nitroso groups, excluding NO2 is 1. The van der Waals surface area contributed by atoms with Gasteiger partial charge in [-0.3, -0.25) is 0 Å². The van der Waals surface area contributed by atoms with Crippen LogP contribution in [0.5, 0.6) is 0 Å². The van der Waals surface area contributed by atoms with E-state index in [9.17, 15) is 4.91 Å². The predicted molar refractivity (Wildman–Crippen MR) is 44.6 cm³/mol. The minimum absolute atomic E-state index is 0.0451. The molecule has 0 spiro atoms. The molecule has 0 aromatic rings. The first kappa shape index (κ1) is 7.29. The molecule has 3 aliphatic carbocycles. The van der Waals surface area contributed by atoms with Crippen LogP contribution in [0.15, 0.2) is 17.3 Å². The Labute approximate surface area is 70.6 Å². The molecule has 0 aromatic carbocycles. The number of fused-ring (bicyclic) bond motifs is 2. The normalized spacial score (nSPS) is 47.7. The summed E-state index contributed by atoms with van der Waals surface area (Å²) in [4.78, 5) is 10.4. The van der Waals surface area contributed by atoms with E-state index in [0.29, 0.717) is 11.8 Å². The van der Waals surface area contributed by atoms with Crippen molar-refractivity contribution in [2.24, 2.45) is 17.0 Å². The SMILES string of the molecule is O=NC1C2C=CC(CC2)C1Cl. The highest BCUT2D eigenvalue weighted by Crippen LogP contribution is 2.40. The summed E-state index contributed by atoms with van der Waals surface area (Å²) in [6.45, 7) is 0. The molecule has 2 nitrogen and oxygen atoms in total. The minimum atomic E-state index is -0.166. The zero-order valence-corrected chi connectivity index (χ0v) is 6.87. The summed E-state index contributed by atoms with van der Waals surface area (Å²) < 4.78 is 0. The molecule has 0 radical (unpaired) electrons. The van der Waals surface area contributed by atoms with Crippen molar-refractivity contribution in [3.63, 3.8) is 0 Å². The summed E-state index contributed by atoms with van der Waals surface area (Å²) in [7, 11) is 0. The van der Waals surface area contributed by atoms with Gasteiger partial charge in [-0.25, -0.2) is 0 Å². The van der Waals surface area contributed by atoms with E-state index < -0.39 is 0 Å². The van der Waals surface area contributed by atoms with E-state index in [4.69, 9.17) is 11.6 Å². The Kier molecular flexibility index (Phi) is 1.72. The van der Waals surface area contributed by atoms with Crippen LogP contribution in [0.2, 0.25) is 0 Å². The molecule has 11 heavy (non-hydrogen) atoms. The molecule has 1 saturated carbocycles. The summed E-state index contributed by atoms with van der Waals surface area (Å²) in [5.41, 5.74) is 0. The summed E-state index contributed by atoms with van der Waals surface area (Å²) in [6, 6.07) is -0.166. The second-order valence-corrected chi connectivity index (χ2v) is 3.83. The first-order valence-corrected chi connectivity index (χ1v) is 4.41. The van der Waals surface area contributed by atoms with Crippen LogP contribution in [-0.2, 0) is 0 Å². The van der Waals surface area contributed by atoms with Crippen LogP contribution in [0.25, 0.3) is 0 Å². The topological polar surface area (TPSA) is 29.4 Å². The third kappa shape index (κ3) is 1.00. The van der Waals surface area contributed by atoms with E-state index in [1.54, 1.807) is 0 Å². The third-order valence-corrected chi connectivity index (χ3v) is 3.32. The Morgan fingerprint density at radius 2 is 1.91 bits per heavy atom. The Balaban J connectivity index is 2.26.